The second-order valence-corrected chi connectivity index (χ2v) is 10.2. The van der Waals surface area contributed by atoms with Gasteiger partial charge in [-0.25, -0.2) is 27.9 Å². The lowest BCUT2D eigenvalue weighted by Gasteiger charge is -2.29. The summed E-state index contributed by atoms with van der Waals surface area (Å²) in [6, 6.07) is 7.76. The van der Waals surface area contributed by atoms with Gasteiger partial charge in [0.25, 0.3) is 0 Å². The molecule has 176 valence electrons. The Kier molecular flexibility index (Phi) is 6.51. The minimum absolute atomic E-state index is 0.0358. The fourth-order valence-electron chi connectivity index (χ4n) is 4.40. The van der Waals surface area contributed by atoms with E-state index in [4.69, 9.17) is 20.6 Å². The van der Waals surface area contributed by atoms with E-state index in [2.05, 4.69) is 9.55 Å². The zero-order valence-corrected chi connectivity index (χ0v) is 19.3. The number of pyridine rings is 1. The number of nitrogen functional groups attached to an aromatic ring is 1. The summed E-state index contributed by atoms with van der Waals surface area (Å²) in [6.07, 6.45) is 6.05. The van der Waals surface area contributed by atoms with Gasteiger partial charge in [-0.05, 0) is 43.9 Å². The highest BCUT2D eigenvalue weighted by Crippen LogP contribution is 2.34. The van der Waals surface area contributed by atoms with Crippen molar-refractivity contribution in [2.75, 3.05) is 19.5 Å². The number of unbranched alkanes of at least 4 members (excludes halogenated alkanes) is 1. The molecule has 4 N–H and O–H groups in total. The Balaban J connectivity index is 1.62. The van der Waals surface area contributed by atoms with Gasteiger partial charge in [-0.1, -0.05) is 24.3 Å². The lowest BCUT2D eigenvalue weighted by atomic mass is 9.93. The number of halogens is 1. The van der Waals surface area contributed by atoms with E-state index >= 15 is 0 Å². The average molecular weight is 474 g/mol. The second kappa shape index (κ2) is 9.20. The third-order valence-corrected chi connectivity index (χ3v) is 7.85. The van der Waals surface area contributed by atoms with Crippen LogP contribution in [0.25, 0.3) is 21.9 Å². The van der Waals surface area contributed by atoms with Crippen molar-refractivity contribution in [3.8, 4) is 0 Å². The molecule has 0 bridgehead atoms. The van der Waals surface area contributed by atoms with Gasteiger partial charge in [0.2, 0.25) is 10.0 Å². The number of primary sulfonamides is 1. The number of para-hydroxylation sites is 1. The molecule has 0 saturated carbocycles. The number of hydrogen-bond acceptors (Lipinski definition) is 6. The number of benzene rings is 1. The maximum atomic E-state index is 13.4. The number of nitrogens with two attached hydrogens (primary N) is 2. The average Bonchev–Trinajstić information content (AvgIpc) is 3.15. The Morgan fingerprint density at radius 3 is 2.73 bits per heavy atom. The molecule has 10 heteroatoms. The molecule has 0 fully saturated rings. The highest BCUT2D eigenvalue weighted by Gasteiger charge is 2.39. The van der Waals surface area contributed by atoms with Crippen LogP contribution in [0.4, 0.5) is 10.2 Å². The van der Waals surface area contributed by atoms with Crippen molar-refractivity contribution in [3.05, 3.63) is 54.1 Å². The van der Waals surface area contributed by atoms with E-state index < -0.39 is 20.6 Å². The Labute approximate surface area is 192 Å². The maximum absolute atomic E-state index is 13.4. The van der Waals surface area contributed by atoms with Crippen molar-refractivity contribution < 1.29 is 17.5 Å². The number of fused-ring (bicyclic) bond motifs is 3. The van der Waals surface area contributed by atoms with Crippen LogP contribution in [0, 0.1) is 0 Å². The largest absolute Gasteiger partial charge is 0.384 e. The van der Waals surface area contributed by atoms with E-state index in [1.165, 1.54) is 18.2 Å². The van der Waals surface area contributed by atoms with Gasteiger partial charge in [0.1, 0.15) is 21.9 Å². The Hall–Kier alpha value is -2.82. The van der Waals surface area contributed by atoms with Crippen LogP contribution in [0.3, 0.4) is 0 Å². The summed E-state index contributed by atoms with van der Waals surface area (Å²) in [6.45, 7) is 1.11. The summed E-state index contributed by atoms with van der Waals surface area (Å²) >= 11 is 0. The predicted octanol–water partition coefficient (Wildman–Crippen LogP) is 3.37. The van der Waals surface area contributed by atoms with Gasteiger partial charge in [0.15, 0.2) is 5.82 Å². The van der Waals surface area contributed by atoms with Gasteiger partial charge < -0.3 is 15.0 Å². The molecule has 1 aromatic carbocycles. The molecule has 0 amide bonds. The molecule has 0 radical (unpaired) electrons. The summed E-state index contributed by atoms with van der Waals surface area (Å²) in [4.78, 5) is 9.23. The number of hydrogen-bond donors (Lipinski definition) is 2. The molecular formula is C23H28FN5O3S. The number of anilines is 1. The smallest absolute Gasteiger partial charge is 0.218 e. The number of sulfonamides is 1. The van der Waals surface area contributed by atoms with Gasteiger partial charge in [-0.15, -0.1) is 0 Å². The molecule has 8 nitrogen and oxygen atoms in total. The van der Waals surface area contributed by atoms with Crippen LogP contribution in [0.15, 0.2) is 48.3 Å². The number of imidazole rings is 1. The van der Waals surface area contributed by atoms with Crippen LogP contribution >= 0.6 is 0 Å². The van der Waals surface area contributed by atoms with Crippen molar-refractivity contribution in [2.24, 2.45) is 5.14 Å². The quantitative estimate of drug-likeness (QED) is 0.459. The van der Waals surface area contributed by atoms with Gasteiger partial charge in [-0.3, -0.25) is 0 Å². The summed E-state index contributed by atoms with van der Waals surface area (Å²) in [5.41, 5.74) is 8.57. The highest BCUT2D eigenvalue weighted by atomic mass is 32.2. The summed E-state index contributed by atoms with van der Waals surface area (Å²) in [5, 5.41) is 6.47. The minimum atomic E-state index is -3.89. The number of ether oxygens (including phenoxy) is 1. The number of rotatable bonds is 9. The normalized spacial score (nSPS) is 18.8. The monoisotopic (exact) mass is 473 g/mol. The zero-order valence-electron chi connectivity index (χ0n) is 18.5. The van der Waals surface area contributed by atoms with Crippen LogP contribution < -0.4 is 10.9 Å². The second-order valence-electron chi connectivity index (χ2n) is 8.33. The Morgan fingerprint density at radius 2 is 2.03 bits per heavy atom. The Morgan fingerprint density at radius 1 is 1.24 bits per heavy atom. The van der Waals surface area contributed by atoms with Crippen LogP contribution in [0.1, 0.15) is 31.5 Å². The molecule has 3 aromatic rings. The third kappa shape index (κ3) is 4.50. The summed E-state index contributed by atoms with van der Waals surface area (Å²) < 4.78 is 44.1. The lowest BCUT2D eigenvalue weighted by molar-refractivity contribution is 0.199. The first-order valence-electron chi connectivity index (χ1n) is 10.9. The van der Waals surface area contributed by atoms with Crippen molar-refractivity contribution >= 4 is 37.8 Å². The number of aromatic nitrogens is 3. The van der Waals surface area contributed by atoms with E-state index in [0.29, 0.717) is 50.2 Å². The van der Waals surface area contributed by atoms with Crippen LogP contribution in [0.2, 0.25) is 0 Å². The van der Waals surface area contributed by atoms with Crippen LogP contribution in [-0.2, 0) is 27.7 Å². The molecule has 1 aliphatic carbocycles. The molecule has 0 aliphatic heterocycles. The van der Waals surface area contributed by atoms with Crippen LogP contribution in [0.5, 0.6) is 0 Å². The molecule has 1 atom stereocenters. The molecule has 2 heterocycles. The standard InChI is InChI=1S/C23H28FN5O3S/c1-32-15-10-19-28-20-21(17-6-2-3-7-18(17)27-22(20)25)29(19)14-5-4-11-23(33(26,30)31)12-8-16(24)9-13-23/h2-3,6-9,12H,4-5,10-11,13-15H2,1H3,(H2,25,27)(H2,26,30,31). The summed E-state index contributed by atoms with van der Waals surface area (Å²) in [7, 11) is -2.25. The molecular weight excluding hydrogens is 445 g/mol. The fourth-order valence-corrected chi connectivity index (χ4v) is 5.40. The Bertz CT molecular complexity index is 1350. The molecule has 2 aromatic heterocycles. The maximum Gasteiger partial charge on any atom is 0.218 e. The van der Waals surface area contributed by atoms with E-state index in [-0.39, 0.29) is 6.42 Å². The van der Waals surface area contributed by atoms with Gasteiger partial charge in [0, 0.05) is 25.5 Å². The van der Waals surface area contributed by atoms with E-state index in [9.17, 15) is 12.8 Å². The highest BCUT2D eigenvalue weighted by molar-refractivity contribution is 7.90. The van der Waals surface area contributed by atoms with Gasteiger partial charge in [0.05, 0.1) is 17.6 Å². The van der Waals surface area contributed by atoms with Crippen molar-refractivity contribution in [3.63, 3.8) is 0 Å². The van der Waals surface area contributed by atoms with Gasteiger partial charge >= 0.3 is 0 Å². The minimum Gasteiger partial charge on any atom is -0.384 e. The number of allylic oxidation sites excluding steroid dienone is 3. The van der Waals surface area contributed by atoms with E-state index in [1.807, 2.05) is 24.3 Å². The number of nitrogens with zero attached hydrogens (tertiary/aromatic N) is 3. The molecule has 33 heavy (non-hydrogen) atoms. The molecule has 4 rings (SSSR count). The fraction of sp³-hybridized carbons (Fsp3) is 0.391. The first-order valence-corrected chi connectivity index (χ1v) is 12.4. The van der Waals surface area contributed by atoms with Crippen molar-refractivity contribution in [1.29, 1.82) is 0 Å². The number of methoxy groups -OCH3 is 1. The predicted molar refractivity (Wildman–Crippen MR) is 128 cm³/mol. The van der Waals surface area contributed by atoms with Crippen molar-refractivity contribution in [1.82, 2.24) is 14.5 Å². The molecule has 0 spiro atoms. The van der Waals surface area contributed by atoms with Crippen LogP contribution in [-0.4, -0.2) is 41.4 Å². The number of aryl methyl sites for hydroxylation is 1. The third-order valence-electron chi connectivity index (χ3n) is 6.21. The molecule has 1 aliphatic rings. The topological polar surface area (TPSA) is 126 Å². The van der Waals surface area contributed by atoms with Gasteiger partial charge in [-0.2, -0.15) is 0 Å². The first kappa shape index (κ1) is 23.3. The van der Waals surface area contributed by atoms with E-state index in [1.54, 1.807) is 7.11 Å². The summed E-state index contributed by atoms with van der Waals surface area (Å²) in [5.74, 6) is 0.760. The zero-order chi connectivity index (χ0) is 23.6. The SMILES string of the molecule is COCCc1nc2c(N)nc3ccccc3c2n1CCCCC1(S(N)(=O)=O)C=CC(F)=CC1. The van der Waals surface area contributed by atoms with Crippen molar-refractivity contribution in [2.45, 2.75) is 43.4 Å². The molecule has 1 unspecified atom stereocenters. The first-order chi connectivity index (χ1) is 15.8. The van der Waals surface area contributed by atoms with E-state index in [0.717, 1.165) is 22.2 Å². The molecule has 0 saturated heterocycles. The lowest BCUT2D eigenvalue weighted by Crippen LogP contribution is -2.42.